The zero-order valence-corrected chi connectivity index (χ0v) is 8.14. The molecule has 6 heteroatoms. The number of halogens is 3. The van der Waals surface area contributed by atoms with Gasteiger partial charge in [0.15, 0.2) is 5.60 Å². The van der Waals surface area contributed by atoms with Gasteiger partial charge in [-0.1, -0.05) is 5.92 Å². The highest BCUT2D eigenvalue weighted by Crippen LogP contribution is 2.38. The van der Waals surface area contributed by atoms with Gasteiger partial charge in [-0.25, -0.2) is 0 Å². The van der Waals surface area contributed by atoms with Gasteiger partial charge in [0, 0.05) is 19.1 Å². The van der Waals surface area contributed by atoms with Crippen molar-refractivity contribution in [1.82, 2.24) is 4.90 Å². The lowest BCUT2D eigenvalue weighted by atomic mass is 9.91. The summed E-state index contributed by atoms with van der Waals surface area (Å²) in [5.41, 5.74) is 2.42. The van der Waals surface area contributed by atoms with Crippen molar-refractivity contribution in [3.8, 4) is 12.0 Å². The number of hydrogen-bond acceptors (Lipinski definition) is 3. The summed E-state index contributed by atoms with van der Waals surface area (Å²) in [6.07, 6.45) is -5.15. The predicted octanol–water partition coefficient (Wildman–Crippen LogP) is 0.295. The van der Waals surface area contributed by atoms with Gasteiger partial charge in [0.1, 0.15) is 0 Å². The summed E-state index contributed by atoms with van der Waals surface area (Å²) in [6.45, 7) is 0.722. The fourth-order valence-corrected chi connectivity index (χ4v) is 1.52. The third-order valence-corrected chi connectivity index (χ3v) is 2.62. The number of nitrogens with two attached hydrogens (primary N) is 1. The molecule has 0 aromatic heterocycles. The molecule has 0 amide bonds. The van der Waals surface area contributed by atoms with Gasteiger partial charge in [-0.05, 0) is 12.8 Å². The maximum absolute atomic E-state index is 12.4. The van der Waals surface area contributed by atoms with Crippen LogP contribution >= 0.6 is 0 Å². The molecule has 1 saturated heterocycles. The van der Waals surface area contributed by atoms with Crippen LogP contribution in [0, 0.1) is 12.0 Å². The second-order valence-corrected chi connectivity index (χ2v) is 3.63. The van der Waals surface area contributed by atoms with Crippen LogP contribution in [0.15, 0.2) is 0 Å². The van der Waals surface area contributed by atoms with E-state index >= 15 is 0 Å². The van der Waals surface area contributed by atoms with Crippen LogP contribution in [0.25, 0.3) is 0 Å². The van der Waals surface area contributed by atoms with E-state index in [1.165, 1.54) is 0 Å². The number of hydrogen-bond donors (Lipinski definition) is 2. The van der Waals surface area contributed by atoms with Gasteiger partial charge in [-0.15, -0.1) is 0 Å². The molecular formula is C9H13F3N2O. The lowest BCUT2D eigenvalue weighted by Gasteiger charge is -2.38. The zero-order valence-electron chi connectivity index (χ0n) is 8.14. The minimum absolute atomic E-state index is 0.185. The minimum atomic E-state index is -4.54. The molecule has 3 nitrogen and oxygen atoms in total. The Morgan fingerprint density at radius 2 is 1.87 bits per heavy atom. The summed E-state index contributed by atoms with van der Waals surface area (Å²) in [6, 6.07) is 2.19. The van der Waals surface area contributed by atoms with Crippen LogP contribution < -0.4 is 5.73 Å². The van der Waals surface area contributed by atoms with Gasteiger partial charge in [-0.3, -0.25) is 4.90 Å². The second-order valence-electron chi connectivity index (χ2n) is 3.63. The van der Waals surface area contributed by atoms with Crippen molar-refractivity contribution in [2.45, 2.75) is 24.6 Å². The normalized spacial score (nSPS) is 21.9. The van der Waals surface area contributed by atoms with Gasteiger partial charge in [-0.2, -0.15) is 13.2 Å². The SMILES string of the molecule is NC#CCN1CCC(O)(C(F)(F)F)CC1. The molecule has 3 N–H and O–H groups in total. The number of rotatable bonds is 1. The topological polar surface area (TPSA) is 49.5 Å². The maximum Gasteiger partial charge on any atom is 0.417 e. The lowest BCUT2D eigenvalue weighted by molar-refractivity contribution is -0.272. The van der Waals surface area contributed by atoms with Crippen molar-refractivity contribution in [2.75, 3.05) is 19.6 Å². The van der Waals surface area contributed by atoms with Crippen LogP contribution in [0.2, 0.25) is 0 Å². The first-order valence-corrected chi connectivity index (χ1v) is 4.59. The Hall–Kier alpha value is -0.930. The molecule has 86 valence electrons. The van der Waals surface area contributed by atoms with Crippen LogP contribution in [0.3, 0.4) is 0 Å². The fourth-order valence-electron chi connectivity index (χ4n) is 1.52. The van der Waals surface area contributed by atoms with Gasteiger partial charge >= 0.3 is 6.18 Å². The molecule has 0 atom stereocenters. The summed E-state index contributed by atoms with van der Waals surface area (Å²) >= 11 is 0. The molecule has 1 heterocycles. The molecule has 0 aromatic rings. The van der Waals surface area contributed by atoms with Gasteiger partial charge in [0.05, 0.1) is 6.54 Å². The number of alkyl halides is 3. The maximum atomic E-state index is 12.4. The van der Waals surface area contributed by atoms with E-state index in [0.717, 1.165) is 0 Å². The Morgan fingerprint density at radius 1 is 1.33 bits per heavy atom. The van der Waals surface area contributed by atoms with E-state index < -0.39 is 11.8 Å². The van der Waals surface area contributed by atoms with Crippen LogP contribution in [-0.2, 0) is 0 Å². The van der Waals surface area contributed by atoms with Gasteiger partial charge in [0.25, 0.3) is 0 Å². The lowest BCUT2D eigenvalue weighted by Crippen LogP contribution is -2.53. The van der Waals surface area contributed by atoms with Crippen LogP contribution in [0.1, 0.15) is 12.8 Å². The Labute approximate surface area is 86.0 Å². The van der Waals surface area contributed by atoms with E-state index in [4.69, 9.17) is 5.73 Å². The van der Waals surface area contributed by atoms with Gasteiger partial charge < -0.3 is 10.8 Å². The first-order valence-electron chi connectivity index (χ1n) is 4.59. The molecule has 0 radical (unpaired) electrons. The molecule has 1 aliphatic rings. The summed E-state index contributed by atoms with van der Waals surface area (Å²) < 4.78 is 37.2. The molecular weight excluding hydrogens is 209 g/mol. The molecule has 0 spiro atoms. The number of piperidine rings is 1. The Morgan fingerprint density at radius 3 is 2.27 bits per heavy atom. The molecule has 0 bridgehead atoms. The monoisotopic (exact) mass is 222 g/mol. The van der Waals surface area contributed by atoms with Crippen molar-refractivity contribution in [3.05, 3.63) is 0 Å². The van der Waals surface area contributed by atoms with Crippen molar-refractivity contribution in [1.29, 1.82) is 0 Å². The van der Waals surface area contributed by atoms with E-state index in [1.807, 2.05) is 0 Å². The summed E-state index contributed by atoms with van der Waals surface area (Å²) in [7, 11) is 0. The molecule has 1 fully saturated rings. The van der Waals surface area contributed by atoms with Crippen molar-refractivity contribution in [2.24, 2.45) is 5.73 Å². The van der Waals surface area contributed by atoms with Crippen LogP contribution in [0.5, 0.6) is 0 Å². The average Bonchev–Trinajstić information content (AvgIpc) is 2.15. The smallest absolute Gasteiger partial charge is 0.380 e. The standard InChI is InChI=1S/C9H13F3N2O/c10-9(11,12)8(15)2-6-14(7-3-8)5-1-4-13/h15H,2-3,5-7,13H2. The molecule has 1 aliphatic heterocycles. The van der Waals surface area contributed by atoms with E-state index in [9.17, 15) is 18.3 Å². The number of nitrogens with zero attached hydrogens (tertiary/aromatic N) is 1. The third-order valence-electron chi connectivity index (χ3n) is 2.62. The van der Waals surface area contributed by atoms with Crippen LogP contribution in [-0.4, -0.2) is 41.4 Å². The van der Waals surface area contributed by atoms with E-state index in [1.54, 1.807) is 4.90 Å². The Balaban J connectivity index is 2.50. The highest BCUT2D eigenvalue weighted by atomic mass is 19.4. The summed E-state index contributed by atoms with van der Waals surface area (Å²) in [5.74, 6) is 2.57. The van der Waals surface area contributed by atoms with Crippen molar-refractivity contribution >= 4 is 0 Å². The number of aliphatic hydroxyl groups is 1. The van der Waals surface area contributed by atoms with E-state index in [0.29, 0.717) is 6.54 Å². The Kier molecular flexibility index (Phi) is 3.47. The molecule has 0 saturated carbocycles. The molecule has 1 rings (SSSR count). The average molecular weight is 222 g/mol. The quantitative estimate of drug-likeness (QED) is 0.495. The second kappa shape index (κ2) is 4.29. The highest BCUT2D eigenvalue weighted by molar-refractivity contribution is 4.99. The summed E-state index contributed by atoms with van der Waals surface area (Å²) in [4.78, 5) is 1.74. The molecule has 15 heavy (non-hydrogen) atoms. The van der Waals surface area contributed by atoms with E-state index in [2.05, 4.69) is 12.0 Å². The molecule has 0 aromatic carbocycles. The number of likely N-dealkylation sites (tertiary alicyclic amines) is 1. The first kappa shape index (κ1) is 12.1. The first-order chi connectivity index (χ1) is 6.89. The predicted molar refractivity (Wildman–Crippen MR) is 48.6 cm³/mol. The molecule has 0 aliphatic carbocycles. The highest BCUT2D eigenvalue weighted by Gasteiger charge is 2.54. The fraction of sp³-hybridized carbons (Fsp3) is 0.778. The zero-order chi connectivity index (χ0) is 11.5. The van der Waals surface area contributed by atoms with Crippen molar-refractivity contribution in [3.63, 3.8) is 0 Å². The molecule has 0 unspecified atom stereocenters. The van der Waals surface area contributed by atoms with Crippen LogP contribution in [0.4, 0.5) is 13.2 Å². The van der Waals surface area contributed by atoms with Gasteiger partial charge in [0.2, 0.25) is 0 Å². The third kappa shape index (κ3) is 2.76. The Bertz CT molecular complexity index is 271. The minimum Gasteiger partial charge on any atom is -0.380 e. The largest absolute Gasteiger partial charge is 0.417 e. The summed E-state index contributed by atoms with van der Waals surface area (Å²) in [5, 5.41) is 9.34. The van der Waals surface area contributed by atoms with E-state index in [-0.39, 0.29) is 25.9 Å². The van der Waals surface area contributed by atoms with Crippen molar-refractivity contribution < 1.29 is 18.3 Å².